The second kappa shape index (κ2) is 21.6. The van der Waals surface area contributed by atoms with Crippen molar-refractivity contribution in [2.45, 2.75) is 102 Å². The van der Waals surface area contributed by atoms with Crippen molar-refractivity contribution >= 4 is 36.3 Å². The Labute approximate surface area is 360 Å². The summed E-state index contributed by atoms with van der Waals surface area (Å²) >= 11 is 0. The summed E-state index contributed by atoms with van der Waals surface area (Å²) in [5.41, 5.74) is 1.45. The summed E-state index contributed by atoms with van der Waals surface area (Å²) in [7, 11) is 0. The van der Waals surface area contributed by atoms with Gasteiger partial charge in [0, 0.05) is 82.9 Å². The number of ether oxygens (including phenoxy) is 2. The number of amides is 2. The van der Waals surface area contributed by atoms with Crippen LogP contribution in [0.2, 0.25) is 0 Å². The summed E-state index contributed by atoms with van der Waals surface area (Å²) in [6.07, 6.45) is 12.2. The Kier molecular flexibility index (Phi) is 17.2. The number of carbonyl (C=O) groups excluding carboxylic acids is 3. The van der Waals surface area contributed by atoms with Crippen molar-refractivity contribution in [3.8, 4) is 12.1 Å². The molecule has 2 aliphatic carbocycles. The first kappa shape index (κ1) is 47.8. The third kappa shape index (κ3) is 11.7. The van der Waals surface area contributed by atoms with Crippen LogP contribution in [0.4, 0.5) is 9.59 Å². The van der Waals surface area contributed by atoms with Gasteiger partial charge in [-0.15, -0.1) is 12.4 Å². The first-order valence-electron chi connectivity index (χ1n) is 21.0. The van der Waals surface area contributed by atoms with Gasteiger partial charge in [-0.25, -0.2) is 9.59 Å². The molecule has 0 unspecified atom stereocenters. The first-order chi connectivity index (χ1) is 28.4. The molecule has 2 spiro atoms. The molecule has 6 fully saturated rings. The molecule has 326 valence electrons. The fraction of sp³-hybridized carbons (Fsp3) is 0.636. The number of nitrogens with one attached hydrogen (secondary N) is 1. The predicted molar refractivity (Wildman–Crippen MR) is 225 cm³/mol. The van der Waals surface area contributed by atoms with E-state index in [0.29, 0.717) is 49.8 Å². The lowest BCUT2D eigenvalue weighted by atomic mass is 9.63. The average molecular weight is 849 g/mol. The molecule has 16 heteroatoms. The highest BCUT2D eigenvalue weighted by atomic mass is 35.5. The first-order valence-corrected chi connectivity index (χ1v) is 21.0. The number of likely N-dealkylation sites (tertiary alicyclic amines) is 3. The van der Waals surface area contributed by atoms with Crippen molar-refractivity contribution in [3.05, 3.63) is 60.2 Å². The quantitative estimate of drug-likeness (QED) is 0.361. The van der Waals surface area contributed by atoms with E-state index in [4.69, 9.17) is 19.4 Å². The van der Waals surface area contributed by atoms with Crippen LogP contribution in [0.25, 0.3) is 0 Å². The summed E-state index contributed by atoms with van der Waals surface area (Å²) in [4.78, 5) is 58.1. The number of aromatic nitrogens is 2. The van der Waals surface area contributed by atoms with Gasteiger partial charge in [0.25, 0.3) is 5.97 Å². The molecular weight excluding hydrogens is 788 g/mol. The molecule has 15 nitrogen and oxygen atoms in total. The molecule has 4 aliphatic heterocycles. The average Bonchev–Trinajstić information content (AvgIpc) is 3.89. The molecule has 0 atom stereocenters. The van der Waals surface area contributed by atoms with Gasteiger partial charge in [0.05, 0.1) is 36.7 Å². The molecule has 6 heterocycles. The topological polar surface area (TPSA) is 202 Å². The van der Waals surface area contributed by atoms with Crippen LogP contribution in [0.3, 0.4) is 0 Å². The molecule has 0 bridgehead atoms. The zero-order chi connectivity index (χ0) is 42.5. The number of pyridine rings is 2. The smallest absolute Gasteiger partial charge is 0.409 e. The number of hydrogen-bond acceptors (Lipinski definition) is 12. The molecule has 2 N–H and O–H groups in total. The Morgan fingerprint density at radius 2 is 1.22 bits per heavy atom. The minimum atomic E-state index is -0.833. The van der Waals surface area contributed by atoms with Crippen molar-refractivity contribution in [3.63, 3.8) is 0 Å². The van der Waals surface area contributed by atoms with Gasteiger partial charge in [-0.3, -0.25) is 19.6 Å². The lowest BCUT2D eigenvalue weighted by molar-refractivity contribution is -0.134. The van der Waals surface area contributed by atoms with Crippen LogP contribution >= 0.6 is 12.4 Å². The van der Waals surface area contributed by atoms with Crippen molar-refractivity contribution in [2.24, 2.45) is 10.8 Å². The number of carbonyl (C=O) groups is 4. The zero-order valence-electron chi connectivity index (χ0n) is 35.3. The number of piperidine rings is 2. The molecular formula is C44H61ClN8O7. The summed E-state index contributed by atoms with van der Waals surface area (Å²) < 4.78 is 10.1. The van der Waals surface area contributed by atoms with E-state index in [2.05, 4.69) is 32.3 Å². The zero-order valence-corrected chi connectivity index (χ0v) is 36.1. The Bertz CT molecular complexity index is 1810. The highest BCUT2D eigenvalue weighted by Gasteiger charge is 2.53. The number of halogens is 1. The summed E-state index contributed by atoms with van der Waals surface area (Å²) in [5, 5.41) is 29.8. The van der Waals surface area contributed by atoms with Crippen molar-refractivity contribution in [1.82, 2.24) is 30.0 Å². The number of aliphatic carboxylic acids is 1. The monoisotopic (exact) mass is 848 g/mol. The van der Waals surface area contributed by atoms with E-state index in [1.807, 2.05) is 48.2 Å². The maximum absolute atomic E-state index is 12.0. The Morgan fingerprint density at radius 1 is 0.767 bits per heavy atom. The number of rotatable bonds is 5. The van der Waals surface area contributed by atoms with E-state index in [-0.39, 0.29) is 35.4 Å². The van der Waals surface area contributed by atoms with E-state index < -0.39 is 11.4 Å². The Balaban J connectivity index is 0.000000203. The molecule has 2 saturated carbocycles. The maximum atomic E-state index is 12.0. The van der Waals surface area contributed by atoms with Crippen molar-refractivity contribution < 1.29 is 33.8 Å². The molecule has 0 radical (unpaired) electrons. The lowest BCUT2D eigenvalue weighted by Gasteiger charge is -2.52. The number of nitrogens with zero attached hydrogens (tertiary/aromatic N) is 7. The molecule has 2 aromatic rings. The van der Waals surface area contributed by atoms with E-state index in [1.54, 1.807) is 24.2 Å². The molecule has 0 aromatic carbocycles. The normalized spacial score (nSPS) is 24.1. The maximum Gasteiger partial charge on any atom is 0.409 e. The van der Waals surface area contributed by atoms with Crippen LogP contribution in [-0.4, -0.2) is 125 Å². The van der Waals surface area contributed by atoms with Gasteiger partial charge < -0.3 is 34.6 Å². The van der Waals surface area contributed by atoms with Crippen LogP contribution in [-0.2, 0) is 29.9 Å². The van der Waals surface area contributed by atoms with Crippen molar-refractivity contribution in [1.29, 1.82) is 10.5 Å². The molecule has 4 saturated heterocycles. The van der Waals surface area contributed by atoms with E-state index >= 15 is 0 Å². The second-order valence-electron chi connectivity index (χ2n) is 16.8. The molecule has 2 aromatic heterocycles. The molecule has 60 heavy (non-hydrogen) atoms. The number of carboxylic acids is 1. The fourth-order valence-corrected chi connectivity index (χ4v) is 9.48. The molecule has 6 aliphatic rings. The third-order valence-corrected chi connectivity index (χ3v) is 12.8. The number of hydrogen-bond donors (Lipinski definition) is 2. The SMILES string of the molecule is CC(=O)O.CCOC(=O)N1CCC2(CC(=O)C2)C1.CCOC(=O)N1CCC2(CC(N3CCC(C#N)(c4ccccn4)CC3)C2)C1.Cl.N#CC1(c2ccccn2)CCNCC1. The lowest BCUT2D eigenvalue weighted by Crippen LogP contribution is -2.55. The van der Waals surface area contributed by atoms with Crippen LogP contribution in [0.5, 0.6) is 0 Å². The van der Waals surface area contributed by atoms with Crippen LogP contribution in [0, 0.1) is 33.5 Å². The Hall–Kier alpha value is -4.83. The number of ketones is 1. The molecule has 8 rings (SSSR count). The minimum Gasteiger partial charge on any atom is -0.481 e. The number of nitriles is 2. The number of carboxylic acid groups (broad SMARTS) is 1. The number of Topliss-reactive ketones (excluding diaryl/α,β-unsaturated/α-hetero) is 1. The van der Waals surface area contributed by atoms with Gasteiger partial charge in [-0.05, 0) is 108 Å². The van der Waals surface area contributed by atoms with Gasteiger partial charge in [0.2, 0.25) is 0 Å². The highest BCUT2D eigenvalue weighted by molar-refractivity contribution is 5.86. The summed E-state index contributed by atoms with van der Waals surface area (Å²) in [6.45, 7) is 12.4. The highest BCUT2D eigenvalue weighted by Crippen LogP contribution is 2.51. The second-order valence-corrected chi connectivity index (χ2v) is 16.8. The predicted octanol–water partition coefficient (Wildman–Crippen LogP) is 5.89. The minimum absolute atomic E-state index is 0. The van der Waals surface area contributed by atoms with Crippen molar-refractivity contribution in [2.75, 3.05) is 65.6 Å². The van der Waals surface area contributed by atoms with Crippen LogP contribution in [0.15, 0.2) is 48.8 Å². The third-order valence-electron chi connectivity index (χ3n) is 12.8. The van der Waals surface area contributed by atoms with Gasteiger partial charge in [0.15, 0.2) is 0 Å². The standard InChI is InChI=1S/C21H28N4O2.C11H13N3.C10H15NO3.C2H4O2.ClH/c1-2-27-19(26)25-10-6-20(16-25)13-17(14-20)24-11-7-21(15-22,8-12-24)18-5-3-4-9-23-18;12-9-11(4-7-13-8-5-11)10-3-1-2-6-14-10;1-2-14-9(13)11-4-3-10(7-11)5-8(12)6-10;1-2(3)4;/h3-5,9,17H,2,6-8,10-14,16H2,1H3;1-3,6,13H,4-5,7-8H2;2-7H2,1H3;1H3,(H,3,4);1H. The Morgan fingerprint density at radius 3 is 1.63 bits per heavy atom. The van der Waals surface area contributed by atoms with Gasteiger partial charge in [0.1, 0.15) is 16.6 Å². The van der Waals surface area contributed by atoms with E-state index in [1.165, 1.54) is 0 Å². The van der Waals surface area contributed by atoms with Gasteiger partial charge >= 0.3 is 12.2 Å². The molecule has 2 amide bonds. The van der Waals surface area contributed by atoms with Crippen LogP contribution in [0.1, 0.15) is 96.4 Å². The fourth-order valence-electron chi connectivity index (χ4n) is 9.48. The largest absolute Gasteiger partial charge is 0.481 e. The van der Waals surface area contributed by atoms with Crippen LogP contribution < -0.4 is 5.32 Å². The van der Waals surface area contributed by atoms with Gasteiger partial charge in [-0.1, -0.05) is 12.1 Å². The summed E-state index contributed by atoms with van der Waals surface area (Å²) in [6, 6.07) is 17.2. The van der Waals surface area contributed by atoms with E-state index in [0.717, 1.165) is 115 Å². The van der Waals surface area contributed by atoms with Gasteiger partial charge in [-0.2, -0.15) is 10.5 Å². The van der Waals surface area contributed by atoms with E-state index in [9.17, 15) is 24.9 Å². The summed E-state index contributed by atoms with van der Waals surface area (Å²) in [5.74, 6) is -0.504.